The molecule has 1 amide bonds. The summed E-state index contributed by atoms with van der Waals surface area (Å²) in [7, 11) is 0. The number of rotatable bonds is 4. The van der Waals surface area contributed by atoms with Crippen LogP contribution in [0.2, 0.25) is 0 Å². The highest BCUT2D eigenvalue weighted by Crippen LogP contribution is 2.27. The van der Waals surface area contributed by atoms with Crippen LogP contribution in [0.4, 0.5) is 0 Å². The molecule has 3 aromatic rings. The maximum Gasteiger partial charge on any atom is 0.255 e. The summed E-state index contributed by atoms with van der Waals surface area (Å²) in [4.78, 5) is 17.4. The number of carbonyl (C=O) groups is 1. The highest BCUT2D eigenvalue weighted by Gasteiger charge is 2.26. The Balaban J connectivity index is 1.46. The van der Waals surface area contributed by atoms with E-state index >= 15 is 0 Å². The fraction of sp³-hybridized carbons (Fsp3) is 0.400. The number of hydrogen-bond acceptors (Lipinski definition) is 4. The summed E-state index contributed by atoms with van der Waals surface area (Å²) in [6, 6.07) is 8.00. The van der Waals surface area contributed by atoms with Crippen LogP contribution < -0.4 is 10.1 Å². The third kappa shape index (κ3) is 3.46. The van der Waals surface area contributed by atoms with Crippen molar-refractivity contribution in [2.75, 3.05) is 0 Å². The predicted molar refractivity (Wildman–Crippen MR) is 103 cm³/mol. The van der Waals surface area contributed by atoms with Crippen LogP contribution in [-0.4, -0.2) is 27.4 Å². The molecule has 0 saturated heterocycles. The fourth-order valence-electron chi connectivity index (χ4n) is 3.71. The summed E-state index contributed by atoms with van der Waals surface area (Å²) in [6.45, 7) is 3.98. The predicted octanol–water partition coefficient (Wildman–Crippen LogP) is 4.13. The molecule has 136 valence electrons. The first-order valence-corrected chi connectivity index (χ1v) is 9.94. The number of fused-ring (bicyclic) bond motifs is 1. The summed E-state index contributed by atoms with van der Waals surface area (Å²) in [5, 5.41) is 6.17. The minimum atomic E-state index is -0.0493. The van der Waals surface area contributed by atoms with Crippen molar-refractivity contribution in [2.45, 2.75) is 51.7 Å². The van der Waals surface area contributed by atoms with Gasteiger partial charge in [0, 0.05) is 30.0 Å². The molecule has 0 radical (unpaired) electrons. The van der Waals surface area contributed by atoms with Gasteiger partial charge in [-0.3, -0.25) is 4.79 Å². The smallest absolute Gasteiger partial charge is 0.255 e. The summed E-state index contributed by atoms with van der Waals surface area (Å²) in [5.74, 6) is -0.0493. The quantitative estimate of drug-likeness (QED) is 0.752. The van der Waals surface area contributed by atoms with Gasteiger partial charge in [-0.2, -0.15) is 0 Å². The van der Waals surface area contributed by atoms with Gasteiger partial charge in [0.1, 0.15) is 11.8 Å². The Hall–Kier alpha value is -2.34. The first-order chi connectivity index (χ1) is 12.6. The standard InChI is InChI=1S/C20H23N3O2S/c1-13-11-14(2)23-9-8-17(19(23)21-13)20(24)22-15-5-3-6-16(12-15)25-18-7-4-10-26-18/h4,7-11,15-16H,3,5-6,12H2,1-2H3,(H,22,24). The van der Waals surface area contributed by atoms with E-state index in [2.05, 4.69) is 10.3 Å². The lowest BCUT2D eigenvalue weighted by atomic mass is 9.92. The van der Waals surface area contributed by atoms with Crippen LogP contribution in [0.25, 0.3) is 5.65 Å². The average molecular weight is 369 g/mol. The molecule has 2 atom stereocenters. The summed E-state index contributed by atoms with van der Waals surface area (Å²) in [6.07, 6.45) is 6.03. The number of nitrogens with zero attached hydrogens (tertiary/aromatic N) is 2. The van der Waals surface area contributed by atoms with Crippen LogP contribution >= 0.6 is 11.3 Å². The SMILES string of the molecule is Cc1cc(C)n2ccc(C(=O)NC3CCCC(Oc4cccs4)C3)c2n1. The van der Waals surface area contributed by atoms with Gasteiger partial charge in [-0.15, -0.1) is 11.3 Å². The summed E-state index contributed by atoms with van der Waals surface area (Å²) >= 11 is 1.61. The van der Waals surface area contributed by atoms with Gasteiger partial charge in [0.25, 0.3) is 5.91 Å². The first-order valence-electron chi connectivity index (χ1n) is 9.06. The van der Waals surface area contributed by atoms with E-state index in [1.54, 1.807) is 11.3 Å². The molecule has 0 bridgehead atoms. The van der Waals surface area contributed by atoms with Crippen LogP contribution in [0.1, 0.15) is 47.4 Å². The Morgan fingerprint density at radius 1 is 1.35 bits per heavy atom. The third-order valence-corrected chi connectivity index (χ3v) is 5.68. The lowest BCUT2D eigenvalue weighted by molar-refractivity contribution is 0.0887. The van der Waals surface area contributed by atoms with Crippen LogP contribution in [0.3, 0.4) is 0 Å². The molecular weight excluding hydrogens is 346 g/mol. The number of ether oxygens (including phenoxy) is 1. The van der Waals surface area contributed by atoms with Gasteiger partial charge >= 0.3 is 0 Å². The topological polar surface area (TPSA) is 55.6 Å². The van der Waals surface area contributed by atoms with Gasteiger partial charge in [0.2, 0.25) is 0 Å². The second-order valence-corrected chi connectivity index (χ2v) is 7.88. The van der Waals surface area contributed by atoms with Gasteiger partial charge in [0.05, 0.1) is 5.56 Å². The van der Waals surface area contributed by atoms with Crippen LogP contribution in [0.5, 0.6) is 5.06 Å². The molecule has 1 aliphatic carbocycles. The van der Waals surface area contributed by atoms with E-state index < -0.39 is 0 Å². The van der Waals surface area contributed by atoms with Gasteiger partial charge < -0.3 is 14.5 Å². The van der Waals surface area contributed by atoms with E-state index in [1.807, 2.05) is 54.1 Å². The second-order valence-electron chi connectivity index (χ2n) is 6.97. The van der Waals surface area contributed by atoms with E-state index in [9.17, 15) is 4.79 Å². The van der Waals surface area contributed by atoms with Gasteiger partial charge in [-0.1, -0.05) is 0 Å². The molecule has 3 heterocycles. The minimum Gasteiger partial charge on any atom is -0.481 e. The Morgan fingerprint density at radius 2 is 2.23 bits per heavy atom. The molecule has 1 aliphatic rings. The van der Waals surface area contributed by atoms with Crippen LogP contribution in [-0.2, 0) is 0 Å². The van der Waals surface area contributed by atoms with Crippen LogP contribution in [0.15, 0.2) is 35.8 Å². The van der Waals surface area contributed by atoms with Gasteiger partial charge in [0.15, 0.2) is 5.06 Å². The van der Waals surface area contributed by atoms with Crippen molar-refractivity contribution in [1.82, 2.24) is 14.7 Å². The number of nitrogens with one attached hydrogen (secondary N) is 1. The molecule has 3 aromatic heterocycles. The van der Waals surface area contributed by atoms with Crippen molar-refractivity contribution in [3.05, 3.63) is 52.8 Å². The normalized spacial score (nSPS) is 20.2. The molecule has 1 saturated carbocycles. The minimum absolute atomic E-state index is 0.0493. The zero-order valence-electron chi connectivity index (χ0n) is 15.1. The molecule has 0 aliphatic heterocycles. The number of aryl methyl sites for hydroxylation is 2. The molecule has 4 rings (SSSR count). The Bertz CT molecular complexity index is 917. The van der Waals surface area contributed by atoms with Crippen LogP contribution in [0, 0.1) is 13.8 Å². The number of hydrogen-bond donors (Lipinski definition) is 1. The molecule has 1 N–H and O–H groups in total. The molecule has 6 heteroatoms. The molecule has 1 fully saturated rings. The average Bonchev–Trinajstić information content (AvgIpc) is 3.24. The number of aromatic nitrogens is 2. The zero-order chi connectivity index (χ0) is 18.1. The van der Waals surface area contributed by atoms with E-state index in [-0.39, 0.29) is 18.1 Å². The van der Waals surface area contributed by atoms with Crippen molar-refractivity contribution in [3.63, 3.8) is 0 Å². The second kappa shape index (κ2) is 7.11. The monoisotopic (exact) mass is 369 g/mol. The Kier molecular flexibility index (Phi) is 4.68. The highest BCUT2D eigenvalue weighted by atomic mass is 32.1. The van der Waals surface area contributed by atoms with E-state index in [0.717, 1.165) is 47.8 Å². The van der Waals surface area contributed by atoms with E-state index in [4.69, 9.17) is 4.74 Å². The van der Waals surface area contributed by atoms with E-state index in [1.165, 1.54) is 0 Å². The number of thiophene rings is 1. The fourth-order valence-corrected chi connectivity index (χ4v) is 4.35. The zero-order valence-corrected chi connectivity index (χ0v) is 15.9. The summed E-state index contributed by atoms with van der Waals surface area (Å²) in [5.41, 5.74) is 3.36. The molecule has 0 spiro atoms. The number of amides is 1. The number of carbonyl (C=O) groups excluding carboxylic acids is 1. The molecule has 26 heavy (non-hydrogen) atoms. The van der Waals surface area contributed by atoms with Crippen molar-refractivity contribution >= 4 is 22.9 Å². The van der Waals surface area contributed by atoms with Crippen molar-refractivity contribution in [1.29, 1.82) is 0 Å². The van der Waals surface area contributed by atoms with Crippen molar-refractivity contribution in [3.8, 4) is 5.06 Å². The van der Waals surface area contributed by atoms with Gasteiger partial charge in [-0.05, 0) is 62.8 Å². The Labute approximate surface area is 157 Å². The lowest BCUT2D eigenvalue weighted by Crippen LogP contribution is -2.41. The Morgan fingerprint density at radius 3 is 3.04 bits per heavy atom. The summed E-state index contributed by atoms with van der Waals surface area (Å²) < 4.78 is 8.01. The molecular formula is C20H23N3O2S. The van der Waals surface area contributed by atoms with Crippen molar-refractivity contribution < 1.29 is 9.53 Å². The maximum absolute atomic E-state index is 12.8. The third-order valence-electron chi connectivity index (χ3n) is 4.92. The molecule has 2 unspecified atom stereocenters. The lowest BCUT2D eigenvalue weighted by Gasteiger charge is -2.29. The maximum atomic E-state index is 12.8. The van der Waals surface area contributed by atoms with Gasteiger partial charge in [-0.25, -0.2) is 4.98 Å². The van der Waals surface area contributed by atoms with E-state index in [0.29, 0.717) is 5.56 Å². The molecule has 5 nitrogen and oxygen atoms in total. The first kappa shape index (κ1) is 17.1. The molecule has 0 aromatic carbocycles. The largest absolute Gasteiger partial charge is 0.481 e. The van der Waals surface area contributed by atoms with Crippen molar-refractivity contribution in [2.24, 2.45) is 0 Å². The highest BCUT2D eigenvalue weighted by molar-refractivity contribution is 7.11.